The molecule has 122 valence electrons. The summed E-state index contributed by atoms with van der Waals surface area (Å²) in [5.41, 5.74) is -0.612. The number of amides is 2. The molecule has 0 bridgehead atoms. The van der Waals surface area contributed by atoms with Crippen molar-refractivity contribution in [3.63, 3.8) is 0 Å². The molecule has 0 spiro atoms. The molecule has 1 aliphatic heterocycles. The Bertz CT molecular complexity index is 615. The predicted molar refractivity (Wildman–Crippen MR) is 80.5 cm³/mol. The summed E-state index contributed by atoms with van der Waals surface area (Å²) in [5.74, 6) is -1.55. The molecule has 6 heteroatoms. The summed E-state index contributed by atoms with van der Waals surface area (Å²) in [4.78, 5) is 42.6. The van der Waals surface area contributed by atoms with Crippen LogP contribution in [0.1, 0.15) is 59.7 Å². The third kappa shape index (κ3) is 2.63. The topological polar surface area (TPSA) is 72.9 Å². The zero-order valence-electron chi connectivity index (χ0n) is 13.0. The van der Waals surface area contributed by atoms with Crippen LogP contribution in [0, 0.1) is 0 Å². The van der Waals surface area contributed by atoms with Crippen molar-refractivity contribution in [2.24, 2.45) is 0 Å². The Morgan fingerprint density at radius 1 is 1.17 bits per heavy atom. The number of esters is 1. The average molecular weight is 317 g/mol. The van der Waals surface area contributed by atoms with Gasteiger partial charge >= 0.3 is 5.97 Å². The number of nitrogens with zero attached hydrogens (tertiary/aromatic N) is 1. The van der Waals surface area contributed by atoms with Gasteiger partial charge in [0.05, 0.1) is 17.7 Å². The van der Waals surface area contributed by atoms with E-state index in [9.17, 15) is 14.4 Å². The van der Waals surface area contributed by atoms with Crippen LogP contribution in [0.3, 0.4) is 0 Å². The van der Waals surface area contributed by atoms with E-state index < -0.39 is 23.4 Å². The first-order valence-corrected chi connectivity index (χ1v) is 7.93. The van der Waals surface area contributed by atoms with Gasteiger partial charge in [-0.25, -0.2) is 9.63 Å². The van der Waals surface area contributed by atoms with Crippen LogP contribution in [0.25, 0.3) is 0 Å². The molecular formula is C17H19NO5. The first-order chi connectivity index (χ1) is 11.1. The number of ether oxygens (including phenoxy) is 1. The molecule has 0 saturated heterocycles. The molecule has 1 fully saturated rings. The highest BCUT2D eigenvalue weighted by Crippen LogP contribution is 2.39. The van der Waals surface area contributed by atoms with Crippen LogP contribution >= 0.6 is 0 Å². The number of carbonyl (C=O) groups excluding carboxylic acids is 3. The Labute approximate surface area is 134 Å². The van der Waals surface area contributed by atoms with Gasteiger partial charge in [-0.1, -0.05) is 25.5 Å². The molecule has 1 saturated carbocycles. The number of carbonyl (C=O) groups is 3. The molecule has 0 atom stereocenters. The standard InChI is InChI=1S/C17H19NO5/c1-2-3-11-22-16(21)17(9-6-10-17)23-18-14(19)12-7-4-5-8-13(12)15(18)20/h4-5,7-8H,2-3,6,9-11H2,1H3. The largest absolute Gasteiger partial charge is 0.463 e. The Morgan fingerprint density at radius 3 is 2.26 bits per heavy atom. The molecule has 23 heavy (non-hydrogen) atoms. The monoisotopic (exact) mass is 317 g/mol. The highest BCUT2D eigenvalue weighted by molar-refractivity contribution is 6.20. The maximum absolute atomic E-state index is 12.3. The summed E-state index contributed by atoms with van der Waals surface area (Å²) in [6.07, 6.45) is 3.39. The summed E-state index contributed by atoms with van der Waals surface area (Å²) in [7, 11) is 0. The third-order valence-electron chi connectivity index (χ3n) is 4.29. The molecule has 0 N–H and O–H groups in total. The fraction of sp³-hybridized carbons (Fsp3) is 0.471. The van der Waals surface area contributed by atoms with Gasteiger partial charge in [-0.05, 0) is 37.8 Å². The van der Waals surface area contributed by atoms with Crippen molar-refractivity contribution in [3.05, 3.63) is 35.4 Å². The molecule has 3 rings (SSSR count). The number of fused-ring (bicyclic) bond motifs is 1. The van der Waals surface area contributed by atoms with Gasteiger partial charge in [0.15, 0.2) is 5.60 Å². The van der Waals surface area contributed by atoms with Gasteiger partial charge in [-0.15, -0.1) is 5.06 Å². The lowest BCUT2D eigenvalue weighted by Crippen LogP contribution is -2.54. The predicted octanol–water partition coefficient (Wildman–Crippen LogP) is 2.48. The van der Waals surface area contributed by atoms with Crippen molar-refractivity contribution in [2.45, 2.75) is 44.6 Å². The van der Waals surface area contributed by atoms with Gasteiger partial charge in [0.25, 0.3) is 11.8 Å². The first-order valence-electron chi connectivity index (χ1n) is 7.93. The van der Waals surface area contributed by atoms with Gasteiger partial charge in [-0.2, -0.15) is 0 Å². The molecule has 1 aliphatic carbocycles. The van der Waals surface area contributed by atoms with Gasteiger partial charge in [-0.3, -0.25) is 9.59 Å². The van der Waals surface area contributed by atoms with Gasteiger partial charge < -0.3 is 4.74 Å². The number of hydrogen-bond donors (Lipinski definition) is 0. The lowest BCUT2D eigenvalue weighted by molar-refractivity contribution is -0.233. The van der Waals surface area contributed by atoms with Crippen molar-refractivity contribution in [1.82, 2.24) is 5.06 Å². The molecule has 2 aliphatic rings. The molecule has 0 unspecified atom stereocenters. The van der Waals surface area contributed by atoms with Crippen molar-refractivity contribution < 1.29 is 24.0 Å². The molecule has 2 amide bonds. The molecule has 1 aromatic rings. The van der Waals surface area contributed by atoms with Crippen LogP contribution in [0.2, 0.25) is 0 Å². The molecule has 1 aromatic carbocycles. The number of benzene rings is 1. The normalized spacial score (nSPS) is 18.6. The fourth-order valence-electron chi connectivity index (χ4n) is 2.70. The molecule has 0 aromatic heterocycles. The highest BCUT2D eigenvalue weighted by Gasteiger charge is 2.52. The Hall–Kier alpha value is -2.21. The van der Waals surface area contributed by atoms with E-state index in [1.54, 1.807) is 24.3 Å². The van der Waals surface area contributed by atoms with Crippen LogP contribution in [0.4, 0.5) is 0 Å². The minimum absolute atomic E-state index is 0.298. The van der Waals surface area contributed by atoms with E-state index in [0.717, 1.165) is 19.3 Å². The van der Waals surface area contributed by atoms with Crippen LogP contribution in [-0.2, 0) is 14.4 Å². The summed E-state index contributed by atoms with van der Waals surface area (Å²) in [5, 5.41) is 0.713. The Morgan fingerprint density at radius 2 is 1.78 bits per heavy atom. The average Bonchev–Trinajstić information content (AvgIpc) is 2.76. The van der Waals surface area contributed by atoms with Crippen molar-refractivity contribution in [3.8, 4) is 0 Å². The quantitative estimate of drug-likeness (QED) is 0.458. The van der Waals surface area contributed by atoms with Crippen LogP contribution in [0.15, 0.2) is 24.3 Å². The number of rotatable bonds is 6. The maximum atomic E-state index is 12.3. The van der Waals surface area contributed by atoms with Gasteiger partial charge in [0, 0.05) is 0 Å². The second-order valence-electron chi connectivity index (χ2n) is 5.88. The minimum Gasteiger partial charge on any atom is -0.463 e. The van der Waals surface area contributed by atoms with Crippen molar-refractivity contribution >= 4 is 17.8 Å². The minimum atomic E-state index is -1.21. The Kier molecular flexibility index (Phi) is 4.17. The molecule has 0 radical (unpaired) electrons. The first kappa shape index (κ1) is 15.7. The molecule has 1 heterocycles. The van der Waals surface area contributed by atoms with Gasteiger partial charge in [0.2, 0.25) is 0 Å². The lowest BCUT2D eigenvalue weighted by atomic mass is 9.80. The second kappa shape index (κ2) is 6.12. The number of unbranched alkanes of at least 4 members (excludes halogenated alkanes) is 1. The molecular weight excluding hydrogens is 298 g/mol. The lowest BCUT2D eigenvalue weighted by Gasteiger charge is -2.39. The second-order valence-corrected chi connectivity index (χ2v) is 5.88. The number of imide groups is 1. The smallest absolute Gasteiger partial charge is 0.341 e. The van der Waals surface area contributed by atoms with Crippen molar-refractivity contribution in [2.75, 3.05) is 6.61 Å². The SMILES string of the molecule is CCCCOC(=O)C1(ON2C(=O)c3ccccc3C2=O)CCC1. The van der Waals surface area contributed by atoms with E-state index in [1.807, 2.05) is 6.92 Å². The third-order valence-corrected chi connectivity index (χ3v) is 4.29. The van der Waals surface area contributed by atoms with Crippen molar-refractivity contribution in [1.29, 1.82) is 0 Å². The molecule has 6 nitrogen and oxygen atoms in total. The van der Waals surface area contributed by atoms with E-state index in [2.05, 4.69) is 0 Å². The Balaban J connectivity index is 1.74. The van der Waals surface area contributed by atoms with E-state index in [4.69, 9.17) is 9.57 Å². The zero-order chi connectivity index (χ0) is 16.4. The van der Waals surface area contributed by atoms with E-state index in [0.29, 0.717) is 35.6 Å². The summed E-state index contributed by atoms with van der Waals surface area (Å²) in [6, 6.07) is 6.52. The number of hydrogen-bond acceptors (Lipinski definition) is 5. The maximum Gasteiger partial charge on any atom is 0.341 e. The highest BCUT2D eigenvalue weighted by atomic mass is 16.7. The van der Waals surface area contributed by atoms with Crippen LogP contribution in [0.5, 0.6) is 0 Å². The summed E-state index contributed by atoms with van der Waals surface area (Å²) < 4.78 is 5.23. The van der Waals surface area contributed by atoms with Crippen LogP contribution < -0.4 is 0 Å². The zero-order valence-corrected chi connectivity index (χ0v) is 13.0. The summed E-state index contributed by atoms with van der Waals surface area (Å²) in [6.45, 7) is 2.32. The van der Waals surface area contributed by atoms with E-state index >= 15 is 0 Å². The summed E-state index contributed by atoms with van der Waals surface area (Å²) >= 11 is 0. The van der Waals surface area contributed by atoms with Crippen LogP contribution in [-0.4, -0.2) is 35.1 Å². The fourth-order valence-corrected chi connectivity index (χ4v) is 2.70. The van der Waals surface area contributed by atoms with E-state index in [-0.39, 0.29) is 0 Å². The number of hydroxylamine groups is 2. The van der Waals surface area contributed by atoms with Gasteiger partial charge in [0.1, 0.15) is 0 Å². The van der Waals surface area contributed by atoms with E-state index in [1.165, 1.54) is 0 Å².